The highest BCUT2D eigenvalue weighted by atomic mass is 16.6. The lowest BCUT2D eigenvalue weighted by molar-refractivity contribution is -0.167. The first kappa shape index (κ1) is 18.5. The second kappa shape index (κ2) is 7.34. The summed E-state index contributed by atoms with van der Waals surface area (Å²) in [6.07, 6.45) is 0. The molecule has 132 valence electrons. The zero-order valence-corrected chi connectivity index (χ0v) is 14.8. The van der Waals surface area contributed by atoms with E-state index in [-0.39, 0.29) is 19.1 Å². The topological polar surface area (TPSA) is 61.8 Å². The van der Waals surface area contributed by atoms with Crippen molar-refractivity contribution in [2.24, 2.45) is 16.7 Å². The van der Waals surface area contributed by atoms with Gasteiger partial charge in [0.1, 0.15) is 0 Å². The van der Waals surface area contributed by atoms with Crippen LogP contribution in [-0.2, 0) is 30.4 Å². The van der Waals surface area contributed by atoms with E-state index in [1.165, 1.54) is 0 Å². The van der Waals surface area contributed by atoms with Crippen molar-refractivity contribution >= 4 is 11.9 Å². The number of carbonyl (C=O) groups excluding carboxylic acids is 2. The van der Waals surface area contributed by atoms with Crippen molar-refractivity contribution in [3.05, 3.63) is 35.9 Å². The first-order chi connectivity index (χ1) is 11.4. The van der Waals surface area contributed by atoms with Gasteiger partial charge in [-0.05, 0) is 24.8 Å². The second-order valence-electron chi connectivity index (χ2n) is 6.52. The van der Waals surface area contributed by atoms with Crippen molar-refractivity contribution in [1.29, 1.82) is 0 Å². The van der Waals surface area contributed by atoms with Crippen LogP contribution in [0.5, 0.6) is 0 Å². The van der Waals surface area contributed by atoms with Crippen LogP contribution in [0, 0.1) is 16.7 Å². The first-order valence-electron chi connectivity index (χ1n) is 8.39. The molecule has 0 heterocycles. The van der Waals surface area contributed by atoms with Gasteiger partial charge in [0.05, 0.1) is 26.4 Å². The van der Waals surface area contributed by atoms with E-state index in [2.05, 4.69) is 0 Å². The van der Waals surface area contributed by atoms with Gasteiger partial charge in [0.2, 0.25) is 0 Å². The van der Waals surface area contributed by atoms with Crippen molar-refractivity contribution in [3.8, 4) is 0 Å². The number of benzene rings is 1. The maximum Gasteiger partial charge on any atom is 0.324 e. The highest BCUT2D eigenvalue weighted by Crippen LogP contribution is 2.70. The first-order valence-corrected chi connectivity index (χ1v) is 8.39. The zero-order valence-electron chi connectivity index (χ0n) is 14.8. The van der Waals surface area contributed by atoms with Crippen LogP contribution in [-0.4, -0.2) is 31.8 Å². The Labute approximate surface area is 143 Å². The predicted octanol–water partition coefficient (Wildman–Crippen LogP) is 2.97. The lowest BCUT2D eigenvalue weighted by Crippen LogP contribution is -2.35. The van der Waals surface area contributed by atoms with E-state index >= 15 is 0 Å². The Morgan fingerprint density at radius 3 is 2.04 bits per heavy atom. The molecule has 0 saturated heterocycles. The van der Waals surface area contributed by atoms with Gasteiger partial charge in [-0.2, -0.15) is 0 Å². The van der Waals surface area contributed by atoms with Crippen LogP contribution in [0.3, 0.4) is 0 Å². The lowest BCUT2D eigenvalue weighted by Gasteiger charge is -2.17. The molecule has 0 radical (unpaired) electrons. The van der Waals surface area contributed by atoms with Crippen LogP contribution in [0.4, 0.5) is 0 Å². The van der Waals surface area contributed by atoms with Gasteiger partial charge in [0, 0.05) is 5.92 Å². The third-order valence-electron chi connectivity index (χ3n) is 4.92. The van der Waals surface area contributed by atoms with E-state index in [1.807, 2.05) is 44.2 Å². The van der Waals surface area contributed by atoms with Gasteiger partial charge in [-0.3, -0.25) is 9.59 Å². The van der Waals surface area contributed by atoms with Crippen LogP contribution in [0.15, 0.2) is 30.3 Å². The fourth-order valence-electron chi connectivity index (χ4n) is 3.46. The molecule has 0 N–H and O–H groups in total. The predicted molar refractivity (Wildman–Crippen MR) is 89.1 cm³/mol. The van der Waals surface area contributed by atoms with Crippen molar-refractivity contribution in [3.63, 3.8) is 0 Å². The summed E-state index contributed by atoms with van der Waals surface area (Å²) < 4.78 is 16.1. The quantitative estimate of drug-likeness (QED) is 0.540. The third kappa shape index (κ3) is 3.05. The van der Waals surface area contributed by atoms with Crippen molar-refractivity contribution < 1.29 is 23.8 Å². The number of hydrogen-bond donors (Lipinski definition) is 0. The summed E-state index contributed by atoms with van der Waals surface area (Å²) >= 11 is 0. The van der Waals surface area contributed by atoms with E-state index in [4.69, 9.17) is 14.2 Å². The molecule has 1 aromatic carbocycles. The number of hydrogen-bond acceptors (Lipinski definition) is 5. The molecule has 5 heteroatoms. The van der Waals surface area contributed by atoms with Crippen LogP contribution >= 0.6 is 0 Å². The molecule has 1 aliphatic rings. The molecule has 5 nitrogen and oxygen atoms in total. The van der Waals surface area contributed by atoms with Crippen LogP contribution < -0.4 is 0 Å². The molecule has 1 unspecified atom stereocenters. The highest BCUT2D eigenvalue weighted by Gasteiger charge is 2.81. The molecule has 0 aliphatic heterocycles. The molecule has 1 aromatic rings. The Bertz CT molecular complexity index is 561. The van der Waals surface area contributed by atoms with Gasteiger partial charge in [-0.15, -0.1) is 0 Å². The van der Waals surface area contributed by atoms with Gasteiger partial charge in [-0.1, -0.05) is 44.2 Å². The summed E-state index contributed by atoms with van der Waals surface area (Å²) in [5.74, 6) is -1.28. The highest BCUT2D eigenvalue weighted by molar-refractivity contribution is 6.05. The molecule has 0 aromatic heterocycles. The van der Waals surface area contributed by atoms with Crippen LogP contribution in [0.2, 0.25) is 0 Å². The normalized spacial score (nSPS) is 20.2. The minimum absolute atomic E-state index is 0.230. The van der Waals surface area contributed by atoms with Crippen LogP contribution in [0.1, 0.15) is 33.3 Å². The summed E-state index contributed by atoms with van der Waals surface area (Å²) in [6.45, 7) is 8.44. The molecule has 0 amide bonds. The van der Waals surface area contributed by atoms with E-state index < -0.39 is 22.8 Å². The lowest BCUT2D eigenvalue weighted by atomic mass is 9.96. The van der Waals surface area contributed by atoms with Gasteiger partial charge in [-0.25, -0.2) is 0 Å². The van der Waals surface area contributed by atoms with E-state index in [0.717, 1.165) is 5.56 Å². The largest absolute Gasteiger partial charge is 0.465 e. The Hall–Kier alpha value is -1.88. The third-order valence-corrected chi connectivity index (χ3v) is 4.92. The van der Waals surface area contributed by atoms with Crippen molar-refractivity contribution in [2.75, 3.05) is 19.8 Å². The molecule has 1 atom stereocenters. The smallest absolute Gasteiger partial charge is 0.324 e. The maximum atomic E-state index is 12.5. The Kier molecular flexibility index (Phi) is 5.65. The molecule has 1 fully saturated rings. The van der Waals surface area contributed by atoms with E-state index in [1.54, 1.807) is 13.8 Å². The monoisotopic (exact) mass is 334 g/mol. The zero-order chi connectivity index (χ0) is 17.8. The number of ether oxygens (including phenoxy) is 3. The summed E-state index contributed by atoms with van der Waals surface area (Å²) in [4.78, 5) is 25.0. The summed E-state index contributed by atoms with van der Waals surface area (Å²) in [5, 5.41) is 0. The second-order valence-corrected chi connectivity index (χ2v) is 6.52. The molecule has 24 heavy (non-hydrogen) atoms. The summed E-state index contributed by atoms with van der Waals surface area (Å²) in [5.41, 5.74) is -0.772. The van der Waals surface area contributed by atoms with Crippen molar-refractivity contribution in [1.82, 2.24) is 0 Å². The van der Waals surface area contributed by atoms with Gasteiger partial charge in [0.15, 0.2) is 5.41 Å². The van der Waals surface area contributed by atoms with Crippen molar-refractivity contribution in [2.45, 2.75) is 34.3 Å². The fourth-order valence-corrected chi connectivity index (χ4v) is 3.46. The summed E-state index contributed by atoms with van der Waals surface area (Å²) in [6, 6.07) is 9.78. The average Bonchev–Trinajstić information content (AvgIpc) is 3.05. The average molecular weight is 334 g/mol. The van der Waals surface area contributed by atoms with Gasteiger partial charge >= 0.3 is 11.9 Å². The molecule has 0 spiro atoms. The Morgan fingerprint density at radius 2 is 1.54 bits per heavy atom. The molecule has 2 rings (SSSR count). The molecule has 1 aliphatic carbocycles. The van der Waals surface area contributed by atoms with Gasteiger partial charge < -0.3 is 14.2 Å². The molecular weight excluding hydrogens is 308 g/mol. The summed E-state index contributed by atoms with van der Waals surface area (Å²) in [7, 11) is 0. The van der Waals surface area contributed by atoms with E-state index in [0.29, 0.717) is 13.2 Å². The molecular formula is C19H26O5. The number of carbonyl (C=O) groups is 2. The van der Waals surface area contributed by atoms with E-state index in [9.17, 15) is 9.59 Å². The minimum atomic E-state index is -1.27. The Morgan fingerprint density at radius 1 is 1.00 bits per heavy atom. The Balaban J connectivity index is 2.09. The van der Waals surface area contributed by atoms with Crippen LogP contribution in [0.25, 0.3) is 0 Å². The number of rotatable bonds is 8. The molecule has 0 bridgehead atoms. The van der Waals surface area contributed by atoms with Gasteiger partial charge in [0.25, 0.3) is 0 Å². The fraction of sp³-hybridized carbons (Fsp3) is 0.579. The standard InChI is InChI=1S/C19H26O5/c1-5-23-16(20)19(17(21)24-6-2)15(18(19,3)4)13-22-12-14-10-8-7-9-11-14/h7-11,15H,5-6,12-13H2,1-4H3. The number of esters is 2. The minimum Gasteiger partial charge on any atom is -0.465 e. The molecule has 1 saturated carbocycles. The SMILES string of the molecule is CCOC(=O)C1(C(=O)OCC)C(COCc2ccccc2)C1(C)C. The maximum absolute atomic E-state index is 12.5.